The monoisotopic (exact) mass is 325 g/mol. The molecule has 2 aliphatic heterocycles. The fourth-order valence-corrected chi connectivity index (χ4v) is 3.40. The quantitative estimate of drug-likeness (QED) is 0.886. The lowest BCUT2D eigenvalue weighted by Crippen LogP contribution is -2.41. The molecule has 24 heavy (non-hydrogen) atoms. The Hall–Kier alpha value is -1.72. The van der Waals surface area contributed by atoms with Crippen LogP contribution in [0.2, 0.25) is 0 Å². The summed E-state index contributed by atoms with van der Waals surface area (Å²) in [6.07, 6.45) is 0.121. The van der Waals surface area contributed by atoms with Crippen molar-refractivity contribution >= 4 is 0 Å². The lowest BCUT2D eigenvalue weighted by atomic mass is 10.1. The normalized spacial score (nSPS) is 28.8. The Morgan fingerprint density at radius 3 is 2.25 bits per heavy atom. The van der Waals surface area contributed by atoms with Crippen LogP contribution in [-0.4, -0.2) is 37.6 Å². The minimum absolute atomic E-state index is 0.0127. The van der Waals surface area contributed by atoms with Crippen LogP contribution in [0.3, 0.4) is 0 Å². The van der Waals surface area contributed by atoms with Gasteiger partial charge in [-0.15, -0.1) is 0 Å². The molecule has 0 saturated carbocycles. The molecule has 2 aromatic carbocycles. The summed E-state index contributed by atoms with van der Waals surface area (Å²) >= 11 is 0. The molecule has 4 rings (SSSR count). The third-order valence-corrected chi connectivity index (χ3v) is 4.73. The second-order valence-corrected chi connectivity index (χ2v) is 6.40. The van der Waals surface area contributed by atoms with Crippen molar-refractivity contribution in [3.63, 3.8) is 0 Å². The van der Waals surface area contributed by atoms with E-state index in [2.05, 4.69) is 41.7 Å². The molecule has 0 aromatic heterocycles. The van der Waals surface area contributed by atoms with Gasteiger partial charge in [-0.05, 0) is 11.1 Å². The Bertz CT molecular complexity index is 576. The Morgan fingerprint density at radius 1 is 0.833 bits per heavy atom. The van der Waals surface area contributed by atoms with Crippen LogP contribution in [-0.2, 0) is 27.4 Å². The van der Waals surface area contributed by atoms with Crippen molar-refractivity contribution in [2.24, 2.45) is 0 Å². The van der Waals surface area contributed by atoms with E-state index in [1.807, 2.05) is 24.3 Å². The topological polar surface area (TPSA) is 39.7 Å². The number of hydrogen-bond donors (Lipinski definition) is 1. The van der Waals surface area contributed by atoms with Gasteiger partial charge in [-0.2, -0.15) is 0 Å². The van der Waals surface area contributed by atoms with Gasteiger partial charge >= 0.3 is 0 Å². The maximum Gasteiger partial charge on any atom is 0.114 e. The van der Waals surface area contributed by atoms with E-state index in [0.29, 0.717) is 19.8 Å². The standard InChI is InChI=1S/C20H23NO3/c1-3-7-15(8-4-1)11-21-17-13-23-20-18(14-24-19(17)20)22-12-16-9-5-2-6-10-16/h1-10,17-21H,11-14H2/t17-,18-,19-,20-/m1/s1. The van der Waals surface area contributed by atoms with Crippen LogP contribution in [0.5, 0.6) is 0 Å². The van der Waals surface area contributed by atoms with E-state index in [0.717, 1.165) is 6.54 Å². The van der Waals surface area contributed by atoms with Crippen LogP contribution in [0.15, 0.2) is 60.7 Å². The minimum atomic E-state index is 0.0127. The number of ether oxygens (including phenoxy) is 3. The fraction of sp³-hybridized carbons (Fsp3) is 0.400. The van der Waals surface area contributed by atoms with Crippen molar-refractivity contribution < 1.29 is 14.2 Å². The zero-order chi connectivity index (χ0) is 16.2. The maximum absolute atomic E-state index is 6.04. The number of nitrogens with one attached hydrogen (secondary N) is 1. The average molecular weight is 325 g/mol. The molecule has 126 valence electrons. The van der Waals surface area contributed by atoms with E-state index < -0.39 is 0 Å². The summed E-state index contributed by atoms with van der Waals surface area (Å²) in [6.45, 7) is 2.71. The molecule has 2 aliphatic rings. The van der Waals surface area contributed by atoms with Gasteiger partial charge in [0, 0.05) is 6.54 Å². The Kier molecular flexibility index (Phi) is 4.90. The van der Waals surface area contributed by atoms with E-state index in [1.165, 1.54) is 11.1 Å². The van der Waals surface area contributed by atoms with E-state index in [9.17, 15) is 0 Å². The largest absolute Gasteiger partial charge is 0.371 e. The highest BCUT2D eigenvalue weighted by molar-refractivity contribution is 5.15. The molecule has 1 N–H and O–H groups in total. The van der Waals surface area contributed by atoms with Crippen LogP contribution in [0.4, 0.5) is 0 Å². The van der Waals surface area contributed by atoms with Gasteiger partial charge in [-0.1, -0.05) is 60.7 Å². The highest BCUT2D eigenvalue weighted by Gasteiger charge is 2.48. The SMILES string of the molecule is c1ccc(CN[C@@H]2CO[C@H]3[C@@H]2OC[C@H]3OCc2ccccc2)cc1. The third-order valence-electron chi connectivity index (χ3n) is 4.73. The Morgan fingerprint density at radius 2 is 1.50 bits per heavy atom. The zero-order valence-corrected chi connectivity index (χ0v) is 13.6. The zero-order valence-electron chi connectivity index (χ0n) is 13.6. The van der Waals surface area contributed by atoms with Crippen molar-refractivity contribution in [3.05, 3.63) is 71.8 Å². The van der Waals surface area contributed by atoms with Crippen LogP contribution in [0.1, 0.15) is 11.1 Å². The first kappa shape index (κ1) is 15.8. The van der Waals surface area contributed by atoms with Gasteiger partial charge in [-0.3, -0.25) is 0 Å². The number of benzene rings is 2. The third kappa shape index (κ3) is 3.52. The second-order valence-electron chi connectivity index (χ2n) is 6.40. The minimum Gasteiger partial charge on any atom is -0.371 e. The smallest absolute Gasteiger partial charge is 0.114 e. The van der Waals surface area contributed by atoms with Crippen molar-refractivity contribution in [1.82, 2.24) is 5.32 Å². The van der Waals surface area contributed by atoms with Crippen molar-refractivity contribution in [3.8, 4) is 0 Å². The van der Waals surface area contributed by atoms with E-state index >= 15 is 0 Å². The lowest BCUT2D eigenvalue weighted by molar-refractivity contribution is -0.0393. The van der Waals surface area contributed by atoms with Gasteiger partial charge < -0.3 is 19.5 Å². The highest BCUT2D eigenvalue weighted by Crippen LogP contribution is 2.29. The number of rotatable bonds is 6. The molecule has 2 heterocycles. The first-order chi connectivity index (χ1) is 11.9. The first-order valence-corrected chi connectivity index (χ1v) is 8.56. The highest BCUT2D eigenvalue weighted by atomic mass is 16.6. The first-order valence-electron chi connectivity index (χ1n) is 8.56. The molecule has 4 nitrogen and oxygen atoms in total. The van der Waals surface area contributed by atoms with Crippen molar-refractivity contribution in [1.29, 1.82) is 0 Å². The van der Waals surface area contributed by atoms with E-state index in [-0.39, 0.29) is 24.4 Å². The van der Waals surface area contributed by atoms with Gasteiger partial charge in [0.15, 0.2) is 0 Å². The summed E-state index contributed by atoms with van der Waals surface area (Å²) in [7, 11) is 0. The molecular weight excluding hydrogens is 302 g/mol. The van der Waals surface area contributed by atoms with Gasteiger partial charge in [-0.25, -0.2) is 0 Å². The molecule has 2 aromatic rings. The molecule has 0 amide bonds. The molecule has 2 fully saturated rings. The lowest BCUT2D eigenvalue weighted by Gasteiger charge is -2.18. The summed E-state index contributed by atoms with van der Waals surface area (Å²) in [6, 6.07) is 20.9. The summed E-state index contributed by atoms with van der Waals surface area (Å²) in [5.74, 6) is 0. The summed E-state index contributed by atoms with van der Waals surface area (Å²) < 4.78 is 18.0. The molecule has 0 spiro atoms. The molecule has 4 heteroatoms. The molecule has 0 unspecified atom stereocenters. The van der Waals surface area contributed by atoms with Crippen LogP contribution in [0, 0.1) is 0 Å². The Labute approximate surface area is 142 Å². The van der Waals surface area contributed by atoms with Crippen molar-refractivity contribution in [2.75, 3.05) is 13.2 Å². The van der Waals surface area contributed by atoms with E-state index in [1.54, 1.807) is 0 Å². The summed E-state index contributed by atoms with van der Waals surface area (Å²) in [5.41, 5.74) is 2.45. The van der Waals surface area contributed by atoms with Gasteiger partial charge in [0.05, 0.1) is 25.9 Å². The predicted octanol–water partition coefficient (Wildman–Crippen LogP) is 2.53. The summed E-state index contributed by atoms with van der Waals surface area (Å²) in [4.78, 5) is 0. The van der Waals surface area contributed by atoms with Gasteiger partial charge in [0.1, 0.15) is 18.3 Å². The fourth-order valence-electron chi connectivity index (χ4n) is 3.40. The van der Waals surface area contributed by atoms with E-state index in [4.69, 9.17) is 14.2 Å². The van der Waals surface area contributed by atoms with Crippen molar-refractivity contribution in [2.45, 2.75) is 37.5 Å². The average Bonchev–Trinajstić information content (AvgIpc) is 3.22. The van der Waals surface area contributed by atoms with Gasteiger partial charge in [0.2, 0.25) is 0 Å². The predicted molar refractivity (Wildman–Crippen MR) is 91.6 cm³/mol. The summed E-state index contributed by atoms with van der Waals surface area (Å²) in [5, 5.41) is 3.56. The van der Waals surface area contributed by atoms with Crippen LogP contribution in [0.25, 0.3) is 0 Å². The molecule has 2 saturated heterocycles. The van der Waals surface area contributed by atoms with Gasteiger partial charge in [0.25, 0.3) is 0 Å². The molecule has 0 aliphatic carbocycles. The number of fused-ring (bicyclic) bond motifs is 1. The second kappa shape index (κ2) is 7.45. The van der Waals surface area contributed by atoms with Crippen LogP contribution < -0.4 is 5.32 Å². The Balaban J connectivity index is 1.29. The van der Waals surface area contributed by atoms with Crippen LogP contribution >= 0.6 is 0 Å². The molecule has 4 atom stereocenters. The number of hydrogen-bond acceptors (Lipinski definition) is 4. The molecule has 0 radical (unpaired) electrons. The maximum atomic E-state index is 6.04. The molecule has 0 bridgehead atoms. The molecular formula is C20H23NO3.